The van der Waals surface area contributed by atoms with Gasteiger partial charge in [0.05, 0.1) is 0 Å². The van der Waals surface area contributed by atoms with E-state index in [9.17, 15) is 0 Å². The summed E-state index contributed by atoms with van der Waals surface area (Å²) in [5, 5.41) is 0. The minimum atomic E-state index is 0.440. The summed E-state index contributed by atoms with van der Waals surface area (Å²) in [7, 11) is 0. The van der Waals surface area contributed by atoms with Crippen molar-refractivity contribution in [3.63, 3.8) is 0 Å². The van der Waals surface area contributed by atoms with E-state index in [0.29, 0.717) is 11.0 Å². The number of fused-ring (bicyclic) bond motifs is 2. The van der Waals surface area contributed by atoms with Crippen molar-refractivity contribution < 1.29 is 0 Å². The van der Waals surface area contributed by atoms with Crippen molar-refractivity contribution in [2.45, 2.75) is 49.5 Å². The summed E-state index contributed by atoms with van der Waals surface area (Å²) in [4.78, 5) is 1.33. The SMILES string of the molecule is CC12CCC(NSc3ccccc3)(CC1)C2. The largest absolute Gasteiger partial charge is 0.254 e. The third-order valence-corrected chi connectivity index (χ3v) is 5.35. The molecule has 1 aromatic rings. The lowest BCUT2D eigenvalue weighted by atomic mass is 9.86. The Balaban J connectivity index is 1.64. The zero-order valence-corrected chi connectivity index (χ0v) is 10.6. The Hall–Kier alpha value is -0.470. The molecule has 0 amide bonds. The molecule has 3 rings (SSSR count). The smallest absolute Gasteiger partial charge is 0.0291 e. The van der Waals surface area contributed by atoms with Crippen molar-refractivity contribution in [2.24, 2.45) is 5.41 Å². The van der Waals surface area contributed by atoms with Crippen molar-refractivity contribution in [3.8, 4) is 0 Å². The molecular formula is C14H19NS. The van der Waals surface area contributed by atoms with Crippen LogP contribution in [0.5, 0.6) is 0 Å². The minimum Gasteiger partial charge on any atom is -0.254 e. The van der Waals surface area contributed by atoms with Crippen LogP contribution in [0.3, 0.4) is 0 Å². The molecule has 0 spiro atoms. The maximum Gasteiger partial charge on any atom is 0.0291 e. The van der Waals surface area contributed by atoms with Gasteiger partial charge in [0.2, 0.25) is 0 Å². The van der Waals surface area contributed by atoms with E-state index < -0.39 is 0 Å². The van der Waals surface area contributed by atoms with Crippen LogP contribution < -0.4 is 4.72 Å². The van der Waals surface area contributed by atoms with Crippen molar-refractivity contribution in [1.82, 2.24) is 4.72 Å². The summed E-state index contributed by atoms with van der Waals surface area (Å²) in [6, 6.07) is 10.6. The predicted octanol–water partition coefficient (Wildman–Crippen LogP) is 4.01. The molecule has 1 N–H and O–H groups in total. The molecule has 0 aromatic heterocycles. The van der Waals surface area contributed by atoms with Gasteiger partial charge in [-0.05, 0) is 61.6 Å². The molecule has 0 heterocycles. The van der Waals surface area contributed by atoms with Gasteiger partial charge >= 0.3 is 0 Å². The van der Waals surface area contributed by atoms with Gasteiger partial charge in [0.25, 0.3) is 0 Å². The fourth-order valence-corrected chi connectivity index (χ4v) is 4.20. The minimum absolute atomic E-state index is 0.440. The molecular weight excluding hydrogens is 214 g/mol. The molecule has 2 heteroatoms. The summed E-state index contributed by atoms with van der Waals surface area (Å²) in [5.74, 6) is 0. The number of hydrogen-bond donors (Lipinski definition) is 1. The fourth-order valence-electron chi connectivity index (χ4n) is 3.30. The molecule has 0 unspecified atom stereocenters. The zero-order valence-electron chi connectivity index (χ0n) is 9.83. The number of nitrogens with one attached hydrogen (secondary N) is 1. The topological polar surface area (TPSA) is 12.0 Å². The van der Waals surface area contributed by atoms with Crippen LogP contribution in [0.15, 0.2) is 35.2 Å². The Morgan fingerprint density at radius 2 is 1.75 bits per heavy atom. The normalized spacial score (nSPS) is 36.8. The number of benzene rings is 1. The van der Waals surface area contributed by atoms with E-state index >= 15 is 0 Å². The van der Waals surface area contributed by atoms with E-state index in [0.717, 1.165) is 0 Å². The molecule has 2 fully saturated rings. The molecule has 1 nitrogen and oxygen atoms in total. The predicted molar refractivity (Wildman–Crippen MR) is 69.4 cm³/mol. The molecule has 0 atom stereocenters. The van der Waals surface area contributed by atoms with Gasteiger partial charge in [-0.3, -0.25) is 4.72 Å². The molecule has 86 valence electrons. The van der Waals surface area contributed by atoms with Crippen molar-refractivity contribution in [2.75, 3.05) is 0 Å². The van der Waals surface area contributed by atoms with Crippen LogP contribution in [0, 0.1) is 5.41 Å². The fraction of sp³-hybridized carbons (Fsp3) is 0.571. The van der Waals surface area contributed by atoms with E-state index in [2.05, 4.69) is 42.0 Å². The van der Waals surface area contributed by atoms with Gasteiger partial charge in [0, 0.05) is 10.4 Å². The molecule has 16 heavy (non-hydrogen) atoms. The van der Waals surface area contributed by atoms with Crippen LogP contribution in [0.25, 0.3) is 0 Å². The Bertz CT molecular complexity index is 366. The first kappa shape index (κ1) is 10.7. The van der Waals surface area contributed by atoms with Gasteiger partial charge in [-0.1, -0.05) is 25.1 Å². The average molecular weight is 233 g/mol. The van der Waals surface area contributed by atoms with E-state index in [1.54, 1.807) is 0 Å². The van der Waals surface area contributed by atoms with Crippen molar-refractivity contribution >= 4 is 11.9 Å². The first-order valence-corrected chi connectivity index (χ1v) is 7.01. The highest BCUT2D eigenvalue weighted by Crippen LogP contribution is 2.56. The Kier molecular flexibility index (Phi) is 2.52. The van der Waals surface area contributed by atoms with Gasteiger partial charge in [-0.25, -0.2) is 0 Å². The molecule has 0 radical (unpaired) electrons. The second-order valence-corrected chi connectivity index (χ2v) is 6.66. The Morgan fingerprint density at radius 3 is 2.31 bits per heavy atom. The second kappa shape index (κ2) is 3.78. The third kappa shape index (κ3) is 1.89. The van der Waals surface area contributed by atoms with Crippen molar-refractivity contribution in [1.29, 1.82) is 0 Å². The highest BCUT2D eigenvalue weighted by Gasteiger charge is 2.51. The number of rotatable bonds is 3. The monoisotopic (exact) mass is 233 g/mol. The highest BCUT2D eigenvalue weighted by atomic mass is 32.2. The molecule has 2 bridgehead atoms. The average Bonchev–Trinajstić information content (AvgIpc) is 2.82. The van der Waals surface area contributed by atoms with Crippen LogP contribution in [-0.2, 0) is 0 Å². The van der Waals surface area contributed by atoms with Crippen LogP contribution in [0.1, 0.15) is 39.0 Å². The zero-order chi connectivity index (χ0) is 11.1. The van der Waals surface area contributed by atoms with Crippen LogP contribution in [0.4, 0.5) is 0 Å². The van der Waals surface area contributed by atoms with E-state index in [-0.39, 0.29) is 0 Å². The molecule has 1 aromatic carbocycles. The molecule has 2 saturated carbocycles. The van der Waals surface area contributed by atoms with Crippen LogP contribution in [-0.4, -0.2) is 5.54 Å². The Labute approximate surface area is 102 Å². The molecule has 2 aliphatic rings. The van der Waals surface area contributed by atoms with Crippen LogP contribution in [0.2, 0.25) is 0 Å². The second-order valence-electron chi connectivity index (χ2n) is 5.78. The number of hydrogen-bond acceptors (Lipinski definition) is 2. The molecule has 0 saturated heterocycles. The van der Waals surface area contributed by atoms with Gasteiger partial charge in [0.15, 0.2) is 0 Å². The van der Waals surface area contributed by atoms with Gasteiger partial charge in [0.1, 0.15) is 0 Å². The molecule has 2 aliphatic carbocycles. The third-order valence-electron chi connectivity index (χ3n) is 4.31. The van der Waals surface area contributed by atoms with Gasteiger partial charge in [-0.15, -0.1) is 0 Å². The summed E-state index contributed by atoms with van der Waals surface area (Å²) in [6.45, 7) is 2.45. The summed E-state index contributed by atoms with van der Waals surface area (Å²) in [6.07, 6.45) is 6.93. The van der Waals surface area contributed by atoms with E-state index in [4.69, 9.17) is 0 Å². The standard InChI is InChI=1S/C14H19NS/c1-13-7-9-14(11-13,10-8-13)15-16-12-5-3-2-4-6-12/h2-6,15H,7-11H2,1H3. The maximum absolute atomic E-state index is 3.74. The first-order valence-electron chi connectivity index (χ1n) is 6.19. The van der Waals surface area contributed by atoms with Crippen molar-refractivity contribution in [3.05, 3.63) is 30.3 Å². The summed E-state index contributed by atoms with van der Waals surface area (Å²) in [5.41, 5.74) is 1.08. The lowest BCUT2D eigenvalue weighted by molar-refractivity contribution is 0.325. The first-order chi connectivity index (χ1) is 7.70. The maximum atomic E-state index is 3.74. The Morgan fingerprint density at radius 1 is 1.06 bits per heavy atom. The summed E-state index contributed by atoms with van der Waals surface area (Å²) >= 11 is 1.82. The van der Waals surface area contributed by atoms with E-state index in [1.165, 1.54) is 37.0 Å². The molecule has 0 aliphatic heterocycles. The lowest BCUT2D eigenvalue weighted by Gasteiger charge is -2.27. The van der Waals surface area contributed by atoms with Crippen LogP contribution >= 0.6 is 11.9 Å². The summed E-state index contributed by atoms with van der Waals surface area (Å²) < 4.78 is 3.74. The van der Waals surface area contributed by atoms with E-state index in [1.807, 2.05) is 11.9 Å². The quantitative estimate of drug-likeness (QED) is 0.792. The van der Waals surface area contributed by atoms with Gasteiger partial charge < -0.3 is 0 Å². The highest BCUT2D eigenvalue weighted by molar-refractivity contribution is 7.97. The lowest BCUT2D eigenvalue weighted by Crippen LogP contribution is -2.36. The van der Waals surface area contributed by atoms with Gasteiger partial charge in [-0.2, -0.15) is 0 Å².